The second-order valence-corrected chi connectivity index (χ2v) is 8.13. The van der Waals surface area contributed by atoms with E-state index in [-0.39, 0.29) is 11.7 Å². The van der Waals surface area contributed by atoms with Crippen LogP contribution in [0.15, 0.2) is 45.3 Å². The number of hydrogen-bond donors (Lipinski definition) is 1. The maximum Gasteiger partial charge on any atom is 0.234 e. The van der Waals surface area contributed by atoms with Crippen LogP contribution in [-0.4, -0.2) is 26.4 Å². The molecule has 0 bridgehead atoms. The van der Waals surface area contributed by atoms with Crippen molar-refractivity contribution in [3.63, 3.8) is 0 Å². The highest BCUT2D eigenvalue weighted by Gasteiger charge is 2.13. The van der Waals surface area contributed by atoms with Crippen LogP contribution in [-0.2, 0) is 11.8 Å². The van der Waals surface area contributed by atoms with Gasteiger partial charge in [0.05, 0.1) is 5.75 Å². The predicted molar refractivity (Wildman–Crippen MR) is 103 cm³/mol. The number of aromatic nitrogens is 3. The molecule has 0 aliphatic carbocycles. The standard InChI is InChI=1S/C16H15BrN4OS2/c1-10-7-11(8-23-10)15-19-20-16(21(15)2)24-9-14(22)18-13-5-3-12(17)4-6-13/h3-8H,9H2,1-2H3,(H,18,22). The van der Waals surface area contributed by atoms with E-state index < -0.39 is 0 Å². The minimum atomic E-state index is -0.0711. The molecule has 0 radical (unpaired) electrons. The van der Waals surface area contributed by atoms with Gasteiger partial charge >= 0.3 is 0 Å². The van der Waals surface area contributed by atoms with E-state index in [9.17, 15) is 4.79 Å². The lowest BCUT2D eigenvalue weighted by atomic mass is 10.3. The number of halogens is 1. The molecule has 24 heavy (non-hydrogen) atoms. The predicted octanol–water partition coefficient (Wildman–Crippen LogP) is 4.35. The fourth-order valence-electron chi connectivity index (χ4n) is 2.11. The molecule has 0 saturated heterocycles. The maximum absolute atomic E-state index is 12.1. The maximum atomic E-state index is 12.1. The quantitative estimate of drug-likeness (QED) is 0.620. The zero-order valence-electron chi connectivity index (χ0n) is 13.1. The first kappa shape index (κ1) is 17.2. The molecule has 3 rings (SSSR count). The SMILES string of the molecule is Cc1cc(-c2nnc(SCC(=O)Nc3ccc(Br)cc3)n2C)cs1. The Bertz CT molecular complexity index is 857. The third-order valence-corrected chi connectivity index (χ3v) is 5.69. The topological polar surface area (TPSA) is 59.8 Å². The first-order valence-electron chi connectivity index (χ1n) is 7.16. The number of carbonyl (C=O) groups is 1. The van der Waals surface area contributed by atoms with Crippen LogP contribution in [0.25, 0.3) is 11.4 Å². The molecule has 1 N–H and O–H groups in total. The van der Waals surface area contributed by atoms with Gasteiger partial charge in [-0.2, -0.15) is 0 Å². The number of nitrogens with one attached hydrogen (secondary N) is 1. The van der Waals surface area contributed by atoms with Gasteiger partial charge in [-0.15, -0.1) is 21.5 Å². The molecule has 0 fully saturated rings. The van der Waals surface area contributed by atoms with E-state index in [1.807, 2.05) is 35.9 Å². The van der Waals surface area contributed by atoms with E-state index >= 15 is 0 Å². The summed E-state index contributed by atoms with van der Waals surface area (Å²) in [5.74, 6) is 1.03. The van der Waals surface area contributed by atoms with E-state index in [0.29, 0.717) is 0 Å². The average molecular weight is 423 g/mol. The lowest BCUT2D eigenvalue weighted by Crippen LogP contribution is -2.14. The van der Waals surface area contributed by atoms with Crippen LogP contribution in [0.1, 0.15) is 4.88 Å². The van der Waals surface area contributed by atoms with Crippen LogP contribution in [0.3, 0.4) is 0 Å². The molecule has 0 spiro atoms. The first-order chi connectivity index (χ1) is 11.5. The summed E-state index contributed by atoms with van der Waals surface area (Å²) < 4.78 is 2.89. The highest BCUT2D eigenvalue weighted by molar-refractivity contribution is 9.10. The van der Waals surface area contributed by atoms with Gasteiger partial charge in [-0.3, -0.25) is 4.79 Å². The lowest BCUT2D eigenvalue weighted by Gasteiger charge is -2.05. The number of thioether (sulfide) groups is 1. The molecule has 1 aromatic carbocycles. The van der Waals surface area contributed by atoms with Gasteiger partial charge in [-0.05, 0) is 37.3 Å². The highest BCUT2D eigenvalue weighted by Crippen LogP contribution is 2.26. The smallest absolute Gasteiger partial charge is 0.234 e. The highest BCUT2D eigenvalue weighted by atomic mass is 79.9. The Labute approximate surface area is 156 Å². The Morgan fingerprint density at radius 3 is 2.75 bits per heavy atom. The number of carbonyl (C=O) groups excluding carboxylic acids is 1. The molecule has 8 heteroatoms. The number of aryl methyl sites for hydroxylation is 1. The average Bonchev–Trinajstić information content (AvgIpc) is 3.13. The van der Waals surface area contributed by atoms with Gasteiger partial charge in [-0.1, -0.05) is 27.7 Å². The molecule has 124 valence electrons. The molecule has 2 heterocycles. The summed E-state index contributed by atoms with van der Waals surface area (Å²) in [6.07, 6.45) is 0. The first-order valence-corrected chi connectivity index (χ1v) is 9.82. The lowest BCUT2D eigenvalue weighted by molar-refractivity contribution is -0.113. The minimum absolute atomic E-state index is 0.0711. The van der Waals surface area contributed by atoms with Crippen LogP contribution < -0.4 is 5.32 Å². The van der Waals surface area contributed by atoms with Gasteiger partial charge in [0.2, 0.25) is 5.91 Å². The number of amides is 1. The van der Waals surface area contributed by atoms with Crippen molar-refractivity contribution in [1.29, 1.82) is 0 Å². The van der Waals surface area contributed by atoms with Crippen molar-refractivity contribution in [2.24, 2.45) is 7.05 Å². The van der Waals surface area contributed by atoms with Crippen molar-refractivity contribution in [1.82, 2.24) is 14.8 Å². The van der Waals surface area contributed by atoms with Gasteiger partial charge in [0.1, 0.15) is 0 Å². The molecular formula is C16H15BrN4OS2. The summed E-state index contributed by atoms with van der Waals surface area (Å²) in [6.45, 7) is 2.06. The summed E-state index contributed by atoms with van der Waals surface area (Å²) in [6, 6.07) is 9.57. The summed E-state index contributed by atoms with van der Waals surface area (Å²) in [7, 11) is 1.91. The second kappa shape index (κ2) is 7.50. The van der Waals surface area contributed by atoms with Crippen molar-refractivity contribution in [2.45, 2.75) is 12.1 Å². The molecule has 0 unspecified atom stereocenters. The van der Waals surface area contributed by atoms with Crippen molar-refractivity contribution < 1.29 is 4.79 Å². The largest absolute Gasteiger partial charge is 0.325 e. The molecule has 0 saturated carbocycles. The molecule has 0 atom stereocenters. The Balaban J connectivity index is 1.61. The fourth-order valence-corrected chi connectivity index (χ4v) is 3.77. The summed E-state index contributed by atoms with van der Waals surface area (Å²) in [5, 5.41) is 14.1. The van der Waals surface area contributed by atoms with E-state index in [1.165, 1.54) is 16.6 Å². The monoisotopic (exact) mass is 422 g/mol. The van der Waals surface area contributed by atoms with Crippen molar-refractivity contribution >= 4 is 50.6 Å². The zero-order chi connectivity index (χ0) is 17.1. The van der Waals surface area contributed by atoms with Crippen LogP contribution in [0.4, 0.5) is 5.69 Å². The summed E-state index contributed by atoms with van der Waals surface area (Å²) in [4.78, 5) is 13.3. The molecule has 0 aliphatic rings. The third kappa shape index (κ3) is 4.06. The number of rotatable bonds is 5. The van der Waals surface area contributed by atoms with E-state index in [1.54, 1.807) is 11.3 Å². The van der Waals surface area contributed by atoms with E-state index in [0.717, 1.165) is 26.7 Å². The third-order valence-electron chi connectivity index (χ3n) is 3.28. The molecule has 1 amide bonds. The minimum Gasteiger partial charge on any atom is -0.325 e. The van der Waals surface area contributed by atoms with E-state index in [4.69, 9.17) is 0 Å². The van der Waals surface area contributed by atoms with Crippen molar-refractivity contribution in [3.05, 3.63) is 45.1 Å². The number of anilines is 1. The van der Waals surface area contributed by atoms with Crippen LogP contribution >= 0.6 is 39.0 Å². The number of benzene rings is 1. The van der Waals surface area contributed by atoms with Gasteiger partial charge < -0.3 is 9.88 Å². The van der Waals surface area contributed by atoms with Crippen molar-refractivity contribution in [3.8, 4) is 11.4 Å². The second-order valence-electron chi connectivity index (χ2n) is 5.15. The van der Waals surface area contributed by atoms with E-state index in [2.05, 4.69) is 49.8 Å². The Kier molecular flexibility index (Phi) is 5.37. The van der Waals surface area contributed by atoms with Gasteiger partial charge in [0.25, 0.3) is 0 Å². The number of hydrogen-bond acceptors (Lipinski definition) is 5. The van der Waals surface area contributed by atoms with Crippen LogP contribution in [0.5, 0.6) is 0 Å². The van der Waals surface area contributed by atoms with Gasteiger partial charge in [0.15, 0.2) is 11.0 Å². The van der Waals surface area contributed by atoms with Crippen molar-refractivity contribution in [2.75, 3.05) is 11.1 Å². The summed E-state index contributed by atoms with van der Waals surface area (Å²) >= 11 is 6.42. The Hall–Kier alpha value is -1.64. The number of thiophene rings is 1. The number of nitrogens with zero attached hydrogens (tertiary/aromatic N) is 3. The van der Waals surface area contributed by atoms with Crippen LogP contribution in [0.2, 0.25) is 0 Å². The normalized spacial score (nSPS) is 10.8. The molecule has 5 nitrogen and oxygen atoms in total. The molecular weight excluding hydrogens is 408 g/mol. The zero-order valence-corrected chi connectivity index (χ0v) is 16.3. The molecule has 3 aromatic rings. The fraction of sp³-hybridized carbons (Fsp3) is 0.188. The molecule has 2 aromatic heterocycles. The molecule has 0 aliphatic heterocycles. The summed E-state index contributed by atoms with van der Waals surface area (Å²) in [5.41, 5.74) is 1.83. The van der Waals surface area contributed by atoms with Gasteiger partial charge in [0, 0.05) is 33.0 Å². The van der Waals surface area contributed by atoms with Gasteiger partial charge in [-0.25, -0.2) is 0 Å². The van der Waals surface area contributed by atoms with Crippen LogP contribution in [0, 0.1) is 6.92 Å². The Morgan fingerprint density at radius 2 is 2.08 bits per heavy atom. The Morgan fingerprint density at radius 1 is 1.33 bits per heavy atom.